The van der Waals surface area contributed by atoms with Crippen molar-refractivity contribution >= 4 is 57.4 Å². The average Bonchev–Trinajstić information content (AvgIpc) is 1.65. The van der Waals surface area contributed by atoms with Gasteiger partial charge in [-0.2, -0.15) is 0 Å². The number of carbonyl (C=O) groups excluding carboxylic acids is 1. The number of ether oxygens (including phenoxy) is 1. The van der Waals surface area contributed by atoms with E-state index in [4.69, 9.17) is 0 Å². The van der Waals surface area contributed by atoms with Gasteiger partial charge in [0, 0.05) is 57.0 Å². The largest absolute Gasteiger partial charge is 0.466 e. The van der Waals surface area contributed by atoms with Crippen LogP contribution in [0.4, 0.5) is 0 Å². The van der Waals surface area contributed by atoms with E-state index in [2.05, 4.69) is 11.3 Å². The molecular formula is C5H8KO2. The van der Waals surface area contributed by atoms with Gasteiger partial charge in [0.05, 0.1) is 7.11 Å². The van der Waals surface area contributed by atoms with E-state index in [1.807, 2.05) is 0 Å². The van der Waals surface area contributed by atoms with Gasteiger partial charge in [-0.1, -0.05) is 6.58 Å². The molecule has 0 N–H and O–H groups in total. The van der Waals surface area contributed by atoms with Crippen molar-refractivity contribution in [1.29, 1.82) is 0 Å². The summed E-state index contributed by atoms with van der Waals surface area (Å²) in [4.78, 5) is 10.2. The molecule has 0 bridgehead atoms. The van der Waals surface area contributed by atoms with Crippen LogP contribution >= 0.6 is 0 Å². The molecule has 0 atom stereocenters. The molecule has 0 rings (SSSR count). The summed E-state index contributed by atoms with van der Waals surface area (Å²) in [5.41, 5.74) is 0.433. The minimum absolute atomic E-state index is 0. The Morgan fingerprint density at radius 3 is 2.00 bits per heavy atom. The van der Waals surface area contributed by atoms with Crippen LogP contribution in [0.15, 0.2) is 12.2 Å². The number of hydrogen-bond donors (Lipinski definition) is 0. The summed E-state index contributed by atoms with van der Waals surface area (Å²) >= 11 is 0. The number of methoxy groups -OCH3 is 1. The zero-order valence-electron chi connectivity index (χ0n) is 5.52. The van der Waals surface area contributed by atoms with Gasteiger partial charge in [-0.25, -0.2) is 4.79 Å². The molecular weight excluding hydrogens is 131 g/mol. The zero-order valence-corrected chi connectivity index (χ0v) is 8.65. The normalized spacial score (nSPS) is 6.75. The fourth-order valence-electron chi connectivity index (χ4n) is 0.174. The quantitative estimate of drug-likeness (QED) is 0.298. The van der Waals surface area contributed by atoms with Crippen LogP contribution in [0.5, 0.6) is 0 Å². The van der Waals surface area contributed by atoms with Crippen molar-refractivity contribution in [3.63, 3.8) is 0 Å². The van der Waals surface area contributed by atoms with Gasteiger partial charge in [0.2, 0.25) is 0 Å². The molecule has 0 saturated carbocycles. The van der Waals surface area contributed by atoms with Crippen molar-refractivity contribution in [3.8, 4) is 0 Å². The molecule has 41 valence electrons. The second-order valence-electron chi connectivity index (χ2n) is 1.27. The Kier molecular flexibility index (Phi) is 8.68. The molecule has 0 unspecified atom stereocenters. The van der Waals surface area contributed by atoms with Crippen molar-refractivity contribution < 1.29 is 9.53 Å². The van der Waals surface area contributed by atoms with Gasteiger partial charge in [-0.3, -0.25) is 0 Å². The van der Waals surface area contributed by atoms with Crippen LogP contribution in [0.2, 0.25) is 0 Å². The van der Waals surface area contributed by atoms with Crippen LogP contribution in [-0.4, -0.2) is 64.5 Å². The fourth-order valence-corrected chi connectivity index (χ4v) is 0.174. The van der Waals surface area contributed by atoms with E-state index in [0.717, 1.165) is 0 Å². The molecule has 8 heavy (non-hydrogen) atoms. The van der Waals surface area contributed by atoms with Crippen LogP contribution in [0.25, 0.3) is 0 Å². The molecule has 1 radical (unpaired) electrons. The molecule has 0 saturated heterocycles. The van der Waals surface area contributed by atoms with E-state index < -0.39 is 0 Å². The van der Waals surface area contributed by atoms with E-state index in [1.54, 1.807) is 6.92 Å². The molecule has 0 spiro atoms. The third-order valence-electron chi connectivity index (χ3n) is 0.534. The summed E-state index contributed by atoms with van der Waals surface area (Å²) < 4.78 is 4.27. The molecule has 3 heteroatoms. The maximum atomic E-state index is 10.2. The first-order valence-electron chi connectivity index (χ1n) is 1.92. The third kappa shape index (κ3) is 4.99. The molecule has 0 amide bonds. The summed E-state index contributed by atoms with van der Waals surface area (Å²) in [6, 6.07) is 0. The first-order chi connectivity index (χ1) is 3.18. The molecule has 0 heterocycles. The Bertz CT molecular complexity index is 98.6. The Morgan fingerprint density at radius 1 is 1.62 bits per heavy atom. The smallest absolute Gasteiger partial charge is 0.332 e. The van der Waals surface area contributed by atoms with E-state index in [-0.39, 0.29) is 57.4 Å². The predicted molar refractivity (Wildman–Crippen MR) is 32.6 cm³/mol. The van der Waals surface area contributed by atoms with E-state index in [9.17, 15) is 4.79 Å². The maximum Gasteiger partial charge on any atom is 0.332 e. The van der Waals surface area contributed by atoms with Crippen molar-refractivity contribution in [2.24, 2.45) is 0 Å². The van der Waals surface area contributed by atoms with E-state index in [1.165, 1.54) is 7.11 Å². The van der Waals surface area contributed by atoms with Crippen LogP contribution in [0.3, 0.4) is 0 Å². The van der Waals surface area contributed by atoms with Crippen molar-refractivity contribution in [3.05, 3.63) is 12.2 Å². The first-order valence-corrected chi connectivity index (χ1v) is 1.92. The summed E-state index contributed by atoms with van der Waals surface area (Å²) in [6.45, 7) is 4.95. The molecule has 0 aromatic rings. The van der Waals surface area contributed by atoms with E-state index >= 15 is 0 Å². The molecule has 0 aromatic carbocycles. The SMILES string of the molecule is C=C(C)C(=O)OC.[K]. The topological polar surface area (TPSA) is 26.3 Å². The fraction of sp³-hybridized carbons (Fsp3) is 0.400. The summed E-state index contributed by atoms with van der Waals surface area (Å²) in [5, 5.41) is 0. The van der Waals surface area contributed by atoms with Crippen molar-refractivity contribution in [2.75, 3.05) is 7.11 Å². The summed E-state index contributed by atoms with van der Waals surface area (Å²) in [6.07, 6.45) is 0. The van der Waals surface area contributed by atoms with Crippen LogP contribution in [0.1, 0.15) is 6.92 Å². The monoisotopic (exact) mass is 139 g/mol. The Hall–Kier alpha value is 0.846. The Labute approximate surface area is 91.7 Å². The number of rotatable bonds is 1. The molecule has 0 aliphatic rings. The van der Waals surface area contributed by atoms with Crippen molar-refractivity contribution in [2.45, 2.75) is 6.92 Å². The second kappa shape index (κ2) is 5.97. The van der Waals surface area contributed by atoms with Gasteiger partial charge in [-0.15, -0.1) is 0 Å². The minimum atomic E-state index is -0.347. The maximum absolute atomic E-state index is 10.2. The van der Waals surface area contributed by atoms with Crippen LogP contribution in [-0.2, 0) is 9.53 Å². The molecule has 0 aromatic heterocycles. The predicted octanol–water partition coefficient (Wildman–Crippen LogP) is 0.355. The van der Waals surface area contributed by atoms with Gasteiger partial charge >= 0.3 is 5.97 Å². The molecule has 2 nitrogen and oxygen atoms in total. The first kappa shape index (κ1) is 11.6. The number of esters is 1. The van der Waals surface area contributed by atoms with Crippen LogP contribution < -0.4 is 0 Å². The third-order valence-corrected chi connectivity index (χ3v) is 0.534. The second-order valence-corrected chi connectivity index (χ2v) is 1.27. The van der Waals surface area contributed by atoms with Crippen molar-refractivity contribution in [1.82, 2.24) is 0 Å². The summed E-state index contributed by atoms with van der Waals surface area (Å²) in [7, 11) is 1.33. The van der Waals surface area contributed by atoms with Gasteiger partial charge < -0.3 is 4.74 Å². The van der Waals surface area contributed by atoms with E-state index in [0.29, 0.717) is 5.57 Å². The zero-order chi connectivity index (χ0) is 5.86. The van der Waals surface area contributed by atoms with Gasteiger partial charge in [-0.05, 0) is 6.92 Å². The molecule has 0 aliphatic carbocycles. The van der Waals surface area contributed by atoms with Gasteiger partial charge in [0.15, 0.2) is 0 Å². The average molecular weight is 139 g/mol. The molecule has 0 fully saturated rings. The number of hydrogen-bond acceptors (Lipinski definition) is 2. The summed E-state index contributed by atoms with van der Waals surface area (Å²) in [5.74, 6) is -0.347. The minimum Gasteiger partial charge on any atom is -0.466 e. The van der Waals surface area contributed by atoms with Gasteiger partial charge in [0.1, 0.15) is 0 Å². The Balaban J connectivity index is 0. The van der Waals surface area contributed by atoms with Gasteiger partial charge in [0.25, 0.3) is 0 Å². The van der Waals surface area contributed by atoms with Crippen LogP contribution in [0, 0.1) is 0 Å². The molecule has 0 aliphatic heterocycles. The standard InChI is InChI=1S/C5H8O2.K/c1-4(2)5(6)7-3;/h1H2,2-3H3;. The number of carbonyl (C=O) groups is 1. The Morgan fingerprint density at radius 2 is 2.00 bits per heavy atom.